The van der Waals surface area contributed by atoms with Gasteiger partial charge < -0.3 is 15.2 Å². The van der Waals surface area contributed by atoms with E-state index in [4.69, 9.17) is 26.8 Å². The van der Waals surface area contributed by atoms with E-state index in [0.717, 1.165) is 0 Å². The van der Waals surface area contributed by atoms with Gasteiger partial charge in [-0.2, -0.15) is 5.26 Å². The minimum absolute atomic E-state index is 0.0128. The maximum atomic E-state index is 11.8. The van der Waals surface area contributed by atoms with Gasteiger partial charge in [-0.3, -0.25) is 20.2 Å². The lowest BCUT2D eigenvalue weighted by Crippen LogP contribution is -2.35. The van der Waals surface area contributed by atoms with E-state index in [1.807, 2.05) is 0 Å². The minimum Gasteiger partial charge on any atom is -0.490 e. The first-order valence-corrected chi connectivity index (χ1v) is 9.18. The summed E-state index contributed by atoms with van der Waals surface area (Å²) in [5.41, 5.74) is 5.33. The number of primary amides is 1. The van der Waals surface area contributed by atoms with Crippen LogP contribution in [0, 0.1) is 21.4 Å². The van der Waals surface area contributed by atoms with Crippen molar-refractivity contribution in [2.24, 2.45) is 5.73 Å². The predicted octanol–water partition coefficient (Wildman–Crippen LogP) is 3.33. The number of halogens is 1. The summed E-state index contributed by atoms with van der Waals surface area (Å²) in [6.07, 6.45) is 1.21. The van der Waals surface area contributed by atoms with Crippen molar-refractivity contribution in [3.05, 3.63) is 68.2 Å². The van der Waals surface area contributed by atoms with Crippen LogP contribution in [-0.2, 0) is 11.4 Å². The van der Waals surface area contributed by atoms with Crippen LogP contribution in [0.25, 0.3) is 6.08 Å². The molecule has 0 aliphatic carbocycles. The summed E-state index contributed by atoms with van der Waals surface area (Å²) in [6.45, 7) is 1.99. The van der Waals surface area contributed by atoms with Crippen LogP contribution in [0.3, 0.4) is 0 Å². The Kier molecular flexibility index (Phi) is 7.94. The monoisotopic (exact) mass is 444 g/mol. The van der Waals surface area contributed by atoms with E-state index in [9.17, 15) is 25.0 Å². The Morgan fingerprint density at radius 3 is 2.68 bits per heavy atom. The molecule has 160 valence electrons. The molecule has 2 rings (SSSR count). The van der Waals surface area contributed by atoms with Crippen molar-refractivity contribution in [1.82, 2.24) is 5.32 Å². The van der Waals surface area contributed by atoms with Gasteiger partial charge in [-0.25, -0.2) is 4.79 Å². The number of carbonyl (C=O) groups is 2. The average Bonchev–Trinajstić information content (AvgIpc) is 2.71. The maximum Gasteiger partial charge on any atom is 0.319 e. The van der Waals surface area contributed by atoms with Crippen LogP contribution in [-0.4, -0.2) is 23.5 Å². The van der Waals surface area contributed by atoms with Gasteiger partial charge in [0, 0.05) is 12.1 Å². The Labute approximate surface area is 182 Å². The highest BCUT2D eigenvalue weighted by Gasteiger charge is 2.16. The van der Waals surface area contributed by atoms with Crippen LogP contribution in [0.1, 0.15) is 18.1 Å². The first kappa shape index (κ1) is 23.2. The SMILES string of the molecule is CCOc1cc(/C=C(/C#N)C(=O)NC(N)=O)cc(Cl)c1OCc1cccc([N+](=O)[O-])c1. The smallest absolute Gasteiger partial charge is 0.319 e. The van der Waals surface area contributed by atoms with Gasteiger partial charge in [0.05, 0.1) is 16.6 Å². The molecule has 0 atom stereocenters. The quantitative estimate of drug-likeness (QED) is 0.273. The number of nitro benzene ring substituents is 1. The summed E-state index contributed by atoms with van der Waals surface area (Å²) in [5.74, 6) is -0.540. The molecule has 0 aliphatic rings. The molecular weight excluding hydrogens is 428 g/mol. The van der Waals surface area contributed by atoms with E-state index in [1.54, 1.807) is 24.4 Å². The fourth-order valence-electron chi connectivity index (χ4n) is 2.48. The topological polar surface area (TPSA) is 158 Å². The van der Waals surface area contributed by atoms with Crippen LogP contribution in [0.4, 0.5) is 10.5 Å². The number of ether oxygens (including phenoxy) is 2. The second-order valence-corrected chi connectivity index (χ2v) is 6.37. The fourth-order valence-corrected chi connectivity index (χ4v) is 2.76. The van der Waals surface area contributed by atoms with Crippen molar-refractivity contribution in [3.63, 3.8) is 0 Å². The number of hydrogen-bond acceptors (Lipinski definition) is 7. The Hall–Kier alpha value is -4.10. The summed E-state index contributed by atoms with van der Waals surface area (Å²) < 4.78 is 11.3. The van der Waals surface area contributed by atoms with Crippen molar-refractivity contribution in [2.45, 2.75) is 13.5 Å². The summed E-state index contributed by atoms with van der Waals surface area (Å²) >= 11 is 6.31. The first-order chi connectivity index (χ1) is 14.7. The Bertz CT molecular complexity index is 1090. The van der Waals surface area contributed by atoms with Crippen molar-refractivity contribution in [1.29, 1.82) is 5.26 Å². The molecule has 0 saturated heterocycles. The number of nitriles is 1. The van der Waals surface area contributed by atoms with E-state index in [1.165, 1.54) is 36.4 Å². The van der Waals surface area contributed by atoms with E-state index >= 15 is 0 Å². The number of urea groups is 1. The van der Waals surface area contributed by atoms with Gasteiger partial charge >= 0.3 is 6.03 Å². The highest BCUT2D eigenvalue weighted by atomic mass is 35.5. The molecule has 0 aliphatic heterocycles. The molecule has 0 saturated carbocycles. The van der Waals surface area contributed by atoms with Crippen LogP contribution in [0.15, 0.2) is 42.0 Å². The van der Waals surface area contributed by atoms with Crippen molar-refractivity contribution < 1.29 is 24.0 Å². The number of benzene rings is 2. The lowest BCUT2D eigenvalue weighted by Gasteiger charge is -2.14. The molecular formula is C20H17ClN4O6. The zero-order valence-corrected chi connectivity index (χ0v) is 17.0. The first-order valence-electron chi connectivity index (χ1n) is 8.80. The number of nitrogens with one attached hydrogen (secondary N) is 1. The molecule has 0 radical (unpaired) electrons. The Morgan fingerprint density at radius 2 is 2.06 bits per heavy atom. The van der Waals surface area contributed by atoms with Gasteiger partial charge in [-0.05, 0) is 36.3 Å². The van der Waals surface area contributed by atoms with E-state index < -0.39 is 16.9 Å². The van der Waals surface area contributed by atoms with Crippen molar-refractivity contribution >= 4 is 35.3 Å². The standard InChI is InChI=1S/C20H17ClN4O6/c1-2-30-17-9-13(6-14(10-22)19(26)24-20(23)27)8-16(21)18(17)31-11-12-4-3-5-15(7-12)25(28)29/h3-9H,2,11H2,1H3,(H3,23,24,26,27)/b14-6-. The Morgan fingerprint density at radius 1 is 1.32 bits per heavy atom. The summed E-state index contributed by atoms with van der Waals surface area (Å²) in [7, 11) is 0. The van der Waals surface area contributed by atoms with E-state index in [2.05, 4.69) is 0 Å². The number of nitro groups is 1. The van der Waals surface area contributed by atoms with Gasteiger partial charge in [-0.1, -0.05) is 23.7 Å². The van der Waals surface area contributed by atoms with Crippen molar-refractivity contribution in [2.75, 3.05) is 6.61 Å². The fraction of sp³-hybridized carbons (Fsp3) is 0.150. The summed E-state index contributed by atoms with van der Waals surface area (Å²) in [6, 6.07) is 9.45. The number of nitrogens with two attached hydrogens (primary N) is 1. The number of hydrogen-bond donors (Lipinski definition) is 2. The maximum absolute atomic E-state index is 11.8. The summed E-state index contributed by atoms with van der Waals surface area (Å²) in [5, 5.41) is 22.0. The molecule has 0 spiro atoms. The highest BCUT2D eigenvalue weighted by molar-refractivity contribution is 6.32. The molecule has 11 heteroatoms. The zero-order chi connectivity index (χ0) is 23.0. The number of amides is 3. The number of nitrogens with zero attached hydrogens (tertiary/aromatic N) is 2. The lowest BCUT2D eigenvalue weighted by molar-refractivity contribution is -0.384. The zero-order valence-electron chi connectivity index (χ0n) is 16.3. The van der Waals surface area contributed by atoms with Crippen LogP contribution >= 0.6 is 11.6 Å². The lowest BCUT2D eigenvalue weighted by atomic mass is 10.1. The van der Waals surface area contributed by atoms with Gasteiger partial charge in [0.25, 0.3) is 11.6 Å². The summed E-state index contributed by atoms with van der Waals surface area (Å²) in [4.78, 5) is 33.1. The highest BCUT2D eigenvalue weighted by Crippen LogP contribution is 2.38. The van der Waals surface area contributed by atoms with Gasteiger partial charge in [0.2, 0.25) is 0 Å². The molecule has 0 bridgehead atoms. The third-order valence-corrected chi connectivity index (χ3v) is 4.03. The average molecular weight is 445 g/mol. The number of carbonyl (C=O) groups excluding carboxylic acids is 2. The molecule has 2 aromatic rings. The van der Waals surface area contributed by atoms with Crippen LogP contribution in [0.2, 0.25) is 5.02 Å². The second-order valence-electron chi connectivity index (χ2n) is 5.97. The number of non-ortho nitro benzene ring substituents is 1. The minimum atomic E-state index is -1.09. The van der Waals surface area contributed by atoms with Crippen molar-refractivity contribution in [3.8, 4) is 17.6 Å². The second kappa shape index (κ2) is 10.6. The van der Waals surface area contributed by atoms with Crippen LogP contribution < -0.4 is 20.5 Å². The molecule has 0 aromatic heterocycles. The predicted molar refractivity (Wildman–Crippen MR) is 111 cm³/mol. The molecule has 0 unspecified atom stereocenters. The molecule has 0 heterocycles. The van der Waals surface area contributed by atoms with Gasteiger partial charge in [0.1, 0.15) is 18.2 Å². The molecule has 10 nitrogen and oxygen atoms in total. The molecule has 2 aromatic carbocycles. The largest absolute Gasteiger partial charge is 0.490 e. The van der Waals surface area contributed by atoms with E-state index in [-0.39, 0.29) is 41.0 Å². The molecule has 0 fully saturated rings. The molecule has 3 N–H and O–H groups in total. The van der Waals surface area contributed by atoms with Gasteiger partial charge in [0.15, 0.2) is 11.5 Å². The number of imide groups is 1. The van der Waals surface area contributed by atoms with E-state index in [0.29, 0.717) is 11.1 Å². The third-order valence-electron chi connectivity index (χ3n) is 3.75. The molecule has 31 heavy (non-hydrogen) atoms. The normalized spacial score (nSPS) is 10.7. The third kappa shape index (κ3) is 6.45. The Balaban J connectivity index is 2.33. The molecule has 3 amide bonds. The number of rotatable bonds is 8. The van der Waals surface area contributed by atoms with Crippen LogP contribution in [0.5, 0.6) is 11.5 Å². The van der Waals surface area contributed by atoms with Gasteiger partial charge in [-0.15, -0.1) is 0 Å².